The maximum absolute atomic E-state index is 13.7. The summed E-state index contributed by atoms with van der Waals surface area (Å²) < 4.78 is 33.8. The van der Waals surface area contributed by atoms with Gasteiger partial charge in [0.05, 0.1) is 23.6 Å². The van der Waals surface area contributed by atoms with Gasteiger partial charge in [-0.2, -0.15) is 0 Å². The van der Waals surface area contributed by atoms with E-state index < -0.39 is 0 Å². The maximum Gasteiger partial charge on any atom is 0.265 e. The average molecular weight is 611 g/mol. The molecule has 0 aliphatic carbocycles. The van der Waals surface area contributed by atoms with E-state index in [0.717, 1.165) is 15.6 Å². The van der Waals surface area contributed by atoms with Gasteiger partial charge < -0.3 is 4.74 Å². The Labute approximate surface area is 243 Å². The van der Waals surface area contributed by atoms with Crippen LogP contribution in [-0.4, -0.2) is 29.8 Å². The third kappa shape index (κ3) is 5.64. The number of carbonyl (C=O) groups excluding carboxylic acids is 2. The van der Waals surface area contributed by atoms with E-state index in [0.29, 0.717) is 39.5 Å². The minimum Gasteiger partial charge on any atom is -0.482 e. The zero-order valence-corrected chi connectivity index (χ0v) is 23.1. The van der Waals surface area contributed by atoms with E-state index in [4.69, 9.17) is 9.72 Å². The standard InChI is InChI=1S/C33H21BrF2N2O3/c34-25-8-1-22(2-9-25)31(39)18-38-30-17-23(7-14-32(30)41-19-33(38)40)29-16-24(20-3-10-26(35)11-4-20)15-28(37-29)21-5-12-27(36)13-6-21/h1-17H,18-19H2. The van der Waals surface area contributed by atoms with E-state index >= 15 is 0 Å². The van der Waals surface area contributed by atoms with Gasteiger partial charge in [-0.3, -0.25) is 14.5 Å². The van der Waals surface area contributed by atoms with E-state index in [9.17, 15) is 18.4 Å². The van der Waals surface area contributed by atoms with Gasteiger partial charge in [-0.15, -0.1) is 0 Å². The minimum absolute atomic E-state index is 0.149. The lowest BCUT2D eigenvalue weighted by Gasteiger charge is -2.29. The van der Waals surface area contributed by atoms with Crippen LogP contribution >= 0.6 is 15.9 Å². The number of amides is 1. The Hall–Kier alpha value is -4.69. The summed E-state index contributed by atoms with van der Waals surface area (Å²) in [5.74, 6) is -0.774. The first kappa shape index (κ1) is 26.5. The SMILES string of the molecule is O=C(CN1C(=O)COc2ccc(-c3cc(-c4ccc(F)cc4)cc(-c4ccc(F)cc4)n3)cc21)c1ccc(Br)cc1. The predicted octanol–water partition coefficient (Wildman–Crippen LogP) is 7.73. The molecule has 1 aromatic heterocycles. The molecule has 0 spiro atoms. The van der Waals surface area contributed by atoms with Crippen molar-refractivity contribution in [2.45, 2.75) is 0 Å². The Balaban J connectivity index is 1.42. The number of Topliss-reactive ketones (excluding diaryl/α,β-unsaturated/α-hetero) is 1. The van der Waals surface area contributed by atoms with Crippen LogP contribution in [0.5, 0.6) is 5.75 Å². The third-order valence-electron chi connectivity index (χ3n) is 6.81. The quantitative estimate of drug-likeness (QED) is 0.185. The smallest absolute Gasteiger partial charge is 0.265 e. The number of anilines is 1. The molecule has 0 atom stereocenters. The number of rotatable bonds is 6. The number of halogens is 3. The summed E-state index contributed by atoms with van der Waals surface area (Å²) in [6, 6.07) is 28.2. The van der Waals surface area contributed by atoms with Gasteiger partial charge in [-0.1, -0.05) is 40.2 Å². The normalized spacial score (nSPS) is 12.6. The fraction of sp³-hybridized carbons (Fsp3) is 0.0606. The second-order valence-electron chi connectivity index (χ2n) is 9.52. The molecule has 0 unspecified atom stereocenters. The van der Waals surface area contributed by atoms with Gasteiger partial charge in [-0.25, -0.2) is 13.8 Å². The van der Waals surface area contributed by atoms with Crippen molar-refractivity contribution in [2.24, 2.45) is 0 Å². The molecule has 4 aromatic carbocycles. The van der Waals surface area contributed by atoms with Crippen LogP contribution < -0.4 is 9.64 Å². The Bertz CT molecular complexity index is 1710. The van der Waals surface area contributed by atoms with E-state index in [2.05, 4.69) is 15.9 Å². The number of benzene rings is 4. The zero-order valence-electron chi connectivity index (χ0n) is 21.5. The molecule has 0 bridgehead atoms. The first-order valence-electron chi connectivity index (χ1n) is 12.7. The highest BCUT2D eigenvalue weighted by Crippen LogP contribution is 2.38. The van der Waals surface area contributed by atoms with Crippen molar-refractivity contribution in [3.63, 3.8) is 0 Å². The van der Waals surface area contributed by atoms with Gasteiger partial charge in [0.15, 0.2) is 12.4 Å². The molecule has 0 saturated carbocycles. The molecular formula is C33H21BrF2N2O3. The number of pyridine rings is 1. The average Bonchev–Trinajstić information content (AvgIpc) is 2.99. The number of aromatic nitrogens is 1. The lowest BCUT2D eigenvalue weighted by atomic mass is 9.99. The molecular weight excluding hydrogens is 590 g/mol. The first-order chi connectivity index (χ1) is 19.8. The molecule has 41 heavy (non-hydrogen) atoms. The van der Waals surface area contributed by atoms with E-state index in [1.165, 1.54) is 29.2 Å². The second kappa shape index (κ2) is 11.1. The van der Waals surface area contributed by atoms with Crippen molar-refractivity contribution in [1.82, 2.24) is 4.98 Å². The molecule has 5 nitrogen and oxygen atoms in total. The van der Waals surface area contributed by atoms with Crippen molar-refractivity contribution in [1.29, 1.82) is 0 Å². The zero-order chi connectivity index (χ0) is 28.5. The molecule has 0 saturated heterocycles. The summed E-state index contributed by atoms with van der Waals surface area (Å²) >= 11 is 3.37. The highest BCUT2D eigenvalue weighted by Gasteiger charge is 2.28. The van der Waals surface area contributed by atoms with Crippen LogP contribution in [0.3, 0.4) is 0 Å². The monoisotopic (exact) mass is 610 g/mol. The van der Waals surface area contributed by atoms with Gasteiger partial charge >= 0.3 is 0 Å². The van der Waals surface area contributed by atoms with E-state index in [1.807, 2.05) is 18.2 Å². The number of nitrogens with zero attached hydrogens (tertiary/aromatic N) is 2. The van der Waals surface area contributed by atoms with Crippen molar-refractivity contribution >= 4 is 33.3 Å². The van der Waals surface area contributed by atoms with Crippen molar-refractivity contribution < 1.29 is 23.1 Å². The summed E-state index contributed by atoms with van der Waals surface area (Å²) in [5.41, 5.74) is 5.05. The van der Waals surface area contributed by atoms with Gasteiger partial charge in [-0.05, 0) is 90.0 Å². The molecule has 5 aromatic rings. The Morgan fingerprint density at radius 3 is 2.00 bits per heavy atom. The molecule has 1 aliphatic rings. The fourth-order valence-corrected chi connectivity index (χ4v) is 4.93. The Kier molecular flexibility index (Phi) is 7.15. The minimum atomic E-state index is -0.360. The van der Waals surface area contributed by atoms with Gasteiger partial charge in [0.2, 0.25) is 0 Å². The molecule has 0 radical (unpaired) electrons. The topological polar surface area (TPSA) is 59.5 Å². The summed E-state index contributed by atoms with van der Waals surface area (Å²) in [6.45, 7) is -0.322. The highest BCUT2D eigenvalue weighted by atomic mass is 79.9. The highest BCUT2D eigenvalue weighted by molar-refractivity contribution is 9.10. The van der Waals surface area contributed by atoms with Crippen LogP contribution in [0.25, 0.3) is 33.6 Å². The summed E-state index contributed by atoms with van der Waals surface area (Å²) in [4.78, 5) is 32.3. The number of hydrogen-bond acceptors (Lipinski definition) is 4. The Morgan fingerprint density at radius 2 is 1.34 bits per heavy atom. The third-order valence-corrected chi connectivity index (χ3v) is 7.34. The fourth-order valence-electron chi connectivity index (χ4n) is 4.66. The maximum atomic E-state index is 13.7. The second-order valence-corrected chi connectivity index (χ2v) is 10.4. The molecule has 2 heterocycles. The molecule has 8 heteroatoms. The van der Waals surface area contributed by atoms with Crippen molar-refractivity contribution in [2.75, 3.05) is 18.1 Å². The summed E-state index contributed by atoms with van der Waals surface area (Å²) in [7, 11) is 0. The van der Waals surface area contributed by atoms with Gasteiger partial charge in [0.25, 0.3) is 5.91 Å². The lowest BCUT2D eigenvalue weighted by molar-refractivity contribution is -0.121. The van der Waals surface area contributed by atoms with E-state index in [1.54, 1.807) is 60.7 Å². The van der Waals surface area contributed by atoms with Crippen LogP contribution in [0.15, 0.2) is 108 Å². The van der Waals surface area contributed by atoms with Crippen LogP contribution in [0.1, 0.15) is 10.4 Å². The molecule has 0 N–H and O–H groups in total. The van der Waals surface area contributed by atoms with Gasteiger partial charge in [0.1, 0.15) is 17.4 Å². The number of carbonyl (C=O) groups is 2. The van der Waals surface area contributed by atoms with Crippen molar-refractivity contribution in [3.05, 3.63) is 125 Å². The lowest BCUT2D eigenvalue weighted by Crippen LogP contribution is -2.42. The molecule has 202 valence electrons. The summed E-state index contributed by atoms with van der Waals surface area (Å²) in [5, 5.41) is 0. The number of fused-ring (bicyclic) bond motifs is 1. The first-order valence-corrected chi connectivity index (χ1v) is 13.5. The number of ether oxygens (including phenoxy) is 1. The van der Waals surface area contributed by atoms with Crippen LogP contribution in [0.4, 0.5) is 14.5 Å². The predicted molar refractivity (Wildman–Crippen MR) is 157 cm³/mol. The van der Waals surface area contributed by atoms with Gasteiger partial charge in [0, 0.05) is 21.2 Å². The number of hydrogen-bond donors (Lipinski definition) is 0. The molecule has 6 rings (SSSR count). The Morgan fingerprint density at radius 1 is 0.756 bits per heavy atom. The summed E-state index contributed by atoms with van der Waals surface area (Å²) in [6.07, 6.45) is 0. The largest absolute Gasteiger partial charge is 0.482 e. The molecule has 0 fully saturated rings. The van der Waals surface area contributed by atoms with Crippen molar-refractivity contribution in [3.8, 4) is 39.4 Å². The van der Waals surface area contributed by atoms with Crippen LogP contribution in [0.2, 0.25) is 0 Å². The number of ketones is 1. The molecule has 1 aliphatic heterocycles. The van der Waals surface area contributed by atoms with Crippen LogP contribution in [0, 0.1) is 11.6 Å². The molecule has 1 amide bonds. The van der Waals surface area contributed by atoms with Crippen LogP contribution in [-0.2, 0) is 4.79 Å². The van der Waals surface area contributed by atoms with E-state index in [-0.39, 0.29) is 36.5 Å².